The molecule has 0 spiro atoms. The minimum Gasteiger partial charge on any atom is -0.478 e. The molecule has 0 aliphatic heterocycles. The van der Waals surface area contributed by atoms with Gasteiger partial charge in [0, 0.05) is 6.54 Å². The minimum absolute atomic E-state index is 0.0443. The maximum absolute atomic E-state index is 11.5. The molecule has 0 radical (unpaired) electrons. The number of carboxylic acid groups (broad SMARTS) is 1. The van der Waals surface area contributed by atoms with Crippen LogP contribution in [0.15, 0.2) is 24.3 Å². The smallest absolute Gasteiger partial charge is 0.335 e. The van der Waals surface area contributed by atoms with E-state index in [0.717, 1.165) is 5.56 Å². The van der Waals surface area contributed by atoms with E-state index in [1.165, 1.54) is 12.1 Å². The summed E-state index contributed by atoms with van der Waals surface area (Å²) in [6.07, 6.45) is 0. The van der Waals surface area contributed by atoms with E-state index in [-0.39, 0.29) is 17.9 Å². The van der Waals surface area contributed by atoms with Crippen molar-refractivity contribution in [1.82, 2.24) is 25.9 Å². The molecule has 2 rings (SSSR count). The standard InChI is InChI=1S/C10H9N5O3/c16-9(8-12-14-15-13-8)11-5-6-1-3-7(4-2-6)10(17)18/h1-4H,5H2,(H,11,16)(H,17,18)(H,12,13,14,15). The van der Waals surface area contributed by atoms with E-state index in [1.54, 1.807) is 12.1 Å². The molecule has 0 saturated heterocycles. The van der Waals surface area contributed by atoms with Crippen molar-refractivity contribution in [2.45, 2.75) is 6.54 Å². The number of tetrazole rings is 1. The van der Waals surface area contributed by atoms with E-state index in [0.29, 0.717) is 0 Å². The van der Waals surface area contributed by atoms with Crippen LogP contribution in [0.4, 0.5) is 0 Å². The lowest BCUT2D eigenvalue weighted by molar-refractivity contribution is 0.0696. The van der Waals surface area contributed by atoms with Gasteiger partial charge >= 0.3 is 5.97 Å². The van der Waals surface area contributed by atoms with Crippen LogP contribution in [-0.4, -0.2) is 37.6 Å². The van der Waals surface area contributed by atoms with Crippen molar-refractivity contribution < 1.29 is 14.7 Å². The first kappa shape index (κ1) is 11.7. The molecule has 0 aliphatic carbocycles. The highest BCUT2D eigenvalue weighted by atomic mass is 16.4. The quantitative estimate of drug-likeness (QED) is 0.689. The van der Waals surface area contributed by atoms with Crippen LogP contribution in [0, 0.1) is 0 Å². The third-order valence-electron chi connectivity index (χ3n) is 2.20. The van der Waals surface area contributed by atoms with Crippen molar-refractivity contribution >= 4 is 11.9 Å². The van der Waals surface area contributed by atoms with E-state index in [4.69, 9.17) is 5.11 Å². The SMILES string of the molecule is O=C(O)c1ccc(CNC(=O)c2nn[nH]n2)cc1. The average molecular weight is 247 g/mol. The Hall–Kier alpha value is -2.77. The first-order valence-corrected chi connectivity index (χ1v) is 5.00. The predicted octanol–water partition coefficient (Wildman–Crippen LogP) is -0.172. The molecule has 1 aromatic carbocycles. The molecule has 0 aliphatic rings. The molecule has 18 heavy (non-hydrogen) atoms. The van der Waals surface area contributed by atoms with Gasteiger partial charge in [-0.05, 0) is 22.9 Å². The number of carbonyl (C=O) groups excluding carboxylic acids is 1. The van der Waals surface area contributed by atoms with Gasteiger partial charge in [-0.3, -0.25) is 4.79 Å². The summed E-state index contributed by atoms with van der Waals surface area (Å²) in [7, 11) is 0. The maximum atomic E-state index is 11.5. The molecule has 2 aromatic rings. The molecule has 92 valence electrons. The van der Waals surface area contributed by atoms with Gasteiger partial charge in [0.15, 0.2) is 0 Å². The number of nitrogens with one attached hydrogen (secondary N) is 2. The van der Waals surface area contributed by atoms with E-state index in [2.05, 4.69) is 25.9 Å². The lowest BCUT2D eigenvalue weighted by Crippen LogP contribution is -2.24. The number of hydrogen-bond acceptors (Lipinski definition) is 5. The second-order valence-corrected chi connectivity index (χ2v) is 3.42. The summed E-state index contributed by atoms with van der Waals surface area (Å²) < 4.78 is 0. The molecule has 0 fully saturated rings. The molecule has 1 aromatic heterocycles. The Bertz CT molecular complexity index is 549. The van der Waals surface area contributed by atoms with Crippen molar-refractivity contribution in [3.63, 3.8) is 0 Å². The molecule has 8 heteroatoms. The van der Waals surface area contributed by atoms with Crippen LogP contribution >= 0.6 is 0 Å². The second kappa shape index (κ2) is 5.04. The summed E-state index contributed by atoms with van der Waals surface area (Å²) >= 11 is 0. The highest BCUT2D eigenvalue weighted by Gasteiger charge is 2.09. The van der Waals surface area contributed by atoms with Gasteiger partial charge in [0.1, 0.15) is 0 Å². The Morgan fingerprint density at radius 2 is 2.00 bits per heavy atom. The van der Waals surface area contributed by atoms with E-state index >= 15 is 0 Å². The highest BCUT2D eigenvalue weighted by Crippen LogP contribution is 2.04. The van der Waals surface area contributed by atoms with Crippen LogP contribution in [-0.2, 0) is 6.54 Å². The van der Waals surface area contributed by atoms with Crippen molar-refractivity contribution in [3.8, 4) is 0 Å². The number of carboxylic acids is 1. The van der Waals surface area contributed by atoms with Gasteiger partial charge in [-0.2, -0.15) is 5.21 Å². The lowest BCUT2D eigenvalue weighted by atomic mass is 10.1. The first-order chi connectivity index (χ1) is 8.66. The van der Waals surface area contributed by atoms with E-state index in [1.807, 2.05) is 0 Å². The number of hydrogen-bond donors (Lipinski definition) is 3. The monoisotopic (exact) mass is 247 g/mol. The van der Waals surface area contributed by atoms with Gasteiger partial charge in [0.2, 0.25) is 0 Å². The van der Waals surface area contributed by atoms with Crippen molar-refractivity contribution in [2.75, 3.05) is 0 Å². The Morgan fingerprint density at radius 3 is 2.56 bits per heavy atom. The maximum Gasteiger partial charge on any atom is 0.335 e. The summed E-state index contributed by atoms with van der Waals surface area (Å²) in [6.45, 7) is 0.257. The first-order valence-electron chi connectivity index (χ1n) is 5.00. The normalized spacial score (nSPS) is 10.0. The number of aromatic amines is 1. The van der Waals surface area contributed by atoms with E-state index < -0.39 is 11.9 Å². The van der Waals surface area contributed by atoms with Crippen LogP contribution in [0.3, 0.4) is 0 Å². The summed E-state index contributed by atoms with van der Waals surface area (Å²) in [5.41, 5.74) is 0.972. The van der Waals surface area contributed by atoms with Crippen molar-refractivity contribution in [2.24, 2.45) is 0 Å². The number of carbonyl (C=O) groups is 2. The fourth-order valence-electron chi connectivity index (χ4n) is 1.28. The fraction of sp³-hybridized carbons (Fsp3) is 0.100. The van der Waals surface area contributed by atoms with Crippen molar-refractivity contribution in [3.05, 3.63) is 41.2 Å². The second-order valence-electron chi connectivity index (χ2n) is 3.42. The summed E-state index contributed by atoms with van der Waals surface area (Å²) in [4.78, 5) is 22.1. The molecule has 0 bridgehead atoms. The minimum atomic E-state index is -0.989. The Morgan fingerprint density at radius 1 is 1.28 bits per heavy atom. The van der Waals surface area contributed by atoms with E-state index in [9.17, 15) is 9.59 Å². The molecular formula is C10H9N5O3. The Balaban J connectivity index is 1.94. The van der Waals surface area contributed by atoms with Crippen LogP contribution < -0.4 is 5.32 Å². The van der Waals surface area contributed by atoms with Gasteiger partial charge in [-0.15, -0.1) is 10.2 Å². The van der Waals surface area contributed by atoms with Gasteiger partial charge in [0.25, 0.3) is 11.7 Å². The summed E-state index contributed by atoms with van der Waals surface area (Å²) in [5, 5.41) is 23.8. The number of H-pyrrole nitrogens is 1. The molecule has 0 atom stereocenters. The number of benzene rings is 1. The third-order valence-corrected chi connectivity index (χ3v) is 2.20. The predicted molar refractivity (Wildman–Crippen MR) is 58.7 cm³/mol. The molecule has 1 heterocycles. The van der Waals surface area contributed by atoms with Gasteiger partial charge in [-0.25, -0.2) is 4.79 Å². The Kier molecular flexibility index (Phi) is 3.28. The number of rotatable bonds is 4. The van der Waals surface area contributed by atoms with Crippen LogP contribution in [0.25, 0.3) is 0 Å². The number of amides is 1. The highest BCUT2D eigenvalue weighted by molar-refractivity contribution is 5.90. The molecule has 0 unspecified atom stereocenters. The zero-order valence-corrected chi connectivity index (χ0v) is 9.12. The van der Waals surface area contributed by atoms with Gasteiger partial charge in [0.05, 0.1) is 5.56 Å². The average Bonchev–Trinajstić information content (AvgIpc) is 2.90. The lowest BCUT2D eigenvalue weighted by Gasteiger charge is -2.03. The van der Waals surface area contributed by atoms with Crippen LogP contribution in [0.2, 0.25) is 0 Å². The molecule has 0 saturated carbocycles. The van der Waals surface area contributed by atoms with Crippen LogP contribution in [0.5, 0.6) is 0 Å². The zero-order valence-electron chi connectivity index (χ0n) is 9.12. The number of aromatic carboxylic acids is 1. The molecule has 3 N–H and O–H groups in total. The zero-order chi connectivity index (χ0) is 13.0. The van der Waals surface area contributed by atoms with Crippen molar-refractivity contribution in [1.29, 1.82) is 0 Å². The van der Waals surface area contributed by atoms with Gasteiger partial charge in [-0.1, -0.05) is 12.1 Å². The van der Waals surface area contributed by atoms with Crippen LogP contribution in [0.1, 0.15) is 26.5 Å². The molecular weight excluding hydrogens is 238 g/mol. The number of nitrogens with zero attached hydrogens (tertiary/aromatic N) is 3. The largest absolute Gasteiger partial charge is 0.478 e. The van der Waals surface area contributed by atoms with Gasteiger partial charge < -0.3 is 10.4 Å². The summed E-state index contributed by atoms with van der Waals surface area (Å²) in [5.74, 6) is -1.49. The fourth-order valence-corrected chi connectivity index (χ4v) is 1.28. The summed E-state index contributed by atoms with van der Waals surface area (Å²) in [6, 6.07) is 6.19. The topological polar surface area (TPSA) is 121 Å². The molecule has 8 nitrogen and oxygen atoms in total. The number of aromatic nitrogens is 4. The molecule has 1 amide bonds. The Labute approximate surface area is 101 Å². The third kappa shape index (κ3) is 2.67.